The number of anilines is 2. The molecule has 0 spiro atoms. The molecule has 0 unspecified atom stereocenters. The second-order valence-corrected chi connectivity index (χ2v) is 5.06. The molecule has 0 heterocycles. The third-order valence-electron chi connectivity index (χ3n) is 2.84. The van der Waals surface area contributed by atoms with Crippen molar-refractivity contribution in [3.63, 3.8) is 0 Å². The number of halogens is 2. The number of para-hydroxylation sites is 2. The average molecular weight is 323 g/mol. The minimum atomic E-state index is -0.809. The number of hydrogen-bond donors (Lipinski definition) is 1. The summed E-state index contributed by atoms with van der Waals surface area (Å²) in [4.78, 5) is 25.4. The van der Waals surface area contributed by atoms with E-state index in [9.17, 15) is 9.59 Å². The van der Waals surface area contributed by atoms with Gasteiger partial charge in [0.05, 0.1) is 15.7 Å². The van der Waals surface area contributed by atoms with E-state index in [-0.39, 0.29) is 15.7 Å². The van der Waals surface area contributed by atoms with Gasteiger partial charge >= 0.3 is 11.8 Å². The lowest BCUT2D eigenvalue weighted by Crippen LogP contribution is -2.37. The predicted octanol–water partition coefficient (Wildman–Crippen LogP) is 3.59. The van der Waals surface area contributed by atoms with Gasteiger partial charge in [-0.3, -0.25) is 9.59 Å². The maximum Gasteiger partial charge on any atom is 0.316 e. The predicted molar refractivity (Wildman–Crippen MR) is 84.9 cm³/mol. The first-order chi connectivity index (χ1) is 10.0. The maximum absolute atomic E-state index is 12.1. The zero-order valence-corrected chi connectivity index (χ0v) is 12.7. The van der Waals surface area contributed by atoms with Crippen molar-refractivity contribution in [2.75, 3.05) is 17.3 Å². The number of likely N-dealkylation sites (N-methyl/N-ethyl adjacent to an activating group) is 1. The highest BCUT2D eigenvalue weighted by Gasteiger charge is 2.21. The summed E-state index contributed by atoms with van der Waals surface area (Å²) in [6, 6.07) is 13.7. The van der Waals surface area contributed by atoms with Crippen molar-refractivity contribution in [1.29, 1.82) is 0 Å². The molecular formula is C15H12Cl2N2O2. The van der Waals surface area contributed by atoms with E-state index in [4.69, 9.17) is 23.2 Å². The van der Waals surface area contributed by atoms with Crippen LogP contribution in [-0.2, 0) is 9.59 Å². The number of carbonyl (C=O) groups excluding carboxylic acids is 2. The first kappa shape index (κ1) is 15.4. The van der Waals surface area contributed by atoms with Gasteiger partial charge in [-0.1, -0.05) is 47.5 Å². The molecule has 0 aliphatic rings. The van der Waals surface area contributed by atoms with Crippen molar-refractivity contribution in [3.05, 3.63) is 58.6 Å². The van der Waals surface area contributed by atoms with Crippen LogP contribution in [0.3, 0.4) is 0 Å². The Bertz CT molecular complexity index is 654. The molecule has 0 atom stereocenters. The van der Waals surface area contributed by atoms with Crippen LogP contribution >= 0.6 is 23.2 Å². The van der Waals surface area contributed by atoms with Gasteiger partial charge in [0, 0.05) is 12.7 Å². The molecule has 1 N–H and O–H groups in total. The first-order valence-corrected chi connectivity index (χ1v) is 6.84. The lowest BCUT2D eigenvalue weighted by atomic mass is 10.3. The number of nitrogens with one attached hydrogen (secondary N) is 1. The number of rotatable bonds is 2. The van der Waals surface area contributed by atoms with E-state index in [1.807, 2.05) is 6.07 Å². The molecule has 0 saturated carbocycles. The maximum atomic E-state index is 12.1. The minimum absolute atomic E-state index is 0.223. The lowest BCUT2D eigenvalue weighted by molar-refractivity contribution is -0.134. The Morgan fingerprint density at radius 2 is 1.52 bits per heavy atom. The Hall–Kier alpha value is -2.04. The Morgan fingerprint density at radius 3 is 2.10 bits per heavy atom. The van der Waals surface area contributed by atoms with Crippen molar-refractivity contribution in [2.24, 2.45) is 0 Å². The van der Waals surface area contributed by atoms with E-state index < -0.39 is 11.8 Å². The second-order valence-electron chi connectivity index (χ2n) is 4.25. The molecule has 6 heteroatoms. The summed E-state index contributed by atoms with van der Waals surface area (Å²) in [5, 5.41) is 2.97. The fraction of sp³-hybridized carbons (Fsp3) is 0.0667. The first-order valence-electron chi connectivity index (χ1n) is 6.09. The molecule has 0 saturated heterocycles. The van der Waals surface area contributed by atoms with Gasteiger partial charge in [0.1, 0.15) is 0 Å². The van der Waals surface area contributed by atoms with Crippen LogP contribution in [0, 0.1) is 0 Å². The molecule has 2 aromatic carbocycles. The van der Waals surface area contributed by atoms with E-state index in [2.05, 4.69) is 5.32 Å². The topological polar surface area (TPSA) is 49.4 Å². The molecule has 0 aliphatic heterocycles. The Labute approximate surface area is 132 Å². The van der Waals surface area contributed by atoms with Crippen LogP contribution in [0.4, 0.5) is 11.4 Å². The summed E-state index contributed by atoms with van der Waals surface area (Å²) in [5.41, 5.74) is 0.837. The summed E-state index contributed by atoms with van der Waals surface area (Å²) < 4.78 is 0. The third kappa shape index (κ3) is 3.54. The molecule has 2 aromatic rings. The highest BCUT2D eigenvalue weighted by molar-refractivity contribution is 6.47. The van der Waals surface area contributed by atoms with Crippen LogP contribution < -0.4 is 10.2 Å². The summed E-state index contributed by atoms with van der Waals surface area (Å²) in [6.45, 7) is 0. The summed E-state index contributed by atoms with van der Waals surface area (Å²) >= 11 is 11.9. The summed E-state index contributed by atoms with van der Waals surface area (Å²) in [6.07, 6.45) is 0. The number of benzene rings is 2. The van der Waals surface area contributed by atoms with Crippen molar-refractivity contribution < 1.29 is 9.59 Å². The molecule has 0 fully saturated rings. The largest absolute Gasteiger partial charge is 0.316 e. The summed E-state index contributed by atoms with van der Waals surface area (Å²) in [5.74, 6) is -1.52. The molecule has 0 radical (unpaired) electrons. The van der Waals surface area contributed by atoms with Crippen LogP contribution in [0.25, 0.3) is 0 Å². The number of amides is 2. The van der Waals surface area contributed by atoms with E-state index >= 15 is 0 Å². The molecule has 21 heavy (non-hydrogen) atoms. The van der Waals surface area contributed by atoms with Gasteiger partial charge in [-0.2, -0.15) is 0 Å². The molecule has 0 bridgehead atoms. The van der Waals surface area contributed by atoms with Gasteiger partial charge in [-0.15, -0.1) is 0 Å². The van der Waals surface area contributed by atoms with Gasteiger partial charge in [0.15, 0.2) is 0 Å². The van der Waals surface area contributed by atoms with Crippen LogP contribution in [0.5, 0.6) is 0 Å². The zero-order chi connectivity index (χ0) is 15.4. The number of carbonyl (C=O) groups is 2. The van der Waals surface area contributed by atoms with E-state index in [0.717, 1.165) is 0 Å². The van der Waals surface area contributed by atoms with Crippen molar-refractivity contribution >= 4 is 46.4 Å². The normalized spacial score (nSPS) is 10.0. The van der Waals surface area contributed by atoms with Crippen LogP contribution in [0.2, 0.25) is 10.0 Å². The van der Waals surface area contributed by atoms with E-state index in [1.54, 1.807) is 42.5 Å². The Balaban J connectivity index is 2.15. The van der Waals surface area contributed by atoms with Crippen molar-refractivity contribution in [1.82, 2.24) is 0 Å². The molecular weight excluding hydrogens is 311 g/mol. The van der Waals surface area contributed by atoms with Crippen LogP contribution in [-0.4, -0.2) is 18.9 Å². The molecule has 0 aliphatic carbocycles. The highest BCUT2D eigenvalue weighted by atomic mass is 35.5. The lowest BCUT2D eigenvalue weighted by Gasteiger charge is -2.17. The van der Waals surface area contributed by atoms with E-state index in [1.165, 1.54) is 11.9 Å². The monoisotopic (exact) mass is 322 g/mol. The van der Waals surface area contributed by atoms with Gasteiger partial charge < -0.3 is 10.2 Å². The van der Waals surface area contributed by atoms with Crippen molar-refractivity contribution in [3.8, 4) is 0 Å². The van der Waals surface area contributed by atoms with Gasteiger partial charge in [0.2, 0.25) is 0 Å². The third-order valence-corrected chi connectivity index (χ3v) is 3.47. The number of nitrogens with zero attached hydrogens (tertiary/aromatic N) is 1. The fourth-order valence-corrected chi connectivity index (χ4v) is 2.20. The fourth-order valence-electron chi connectivity index (χ4n) is 1.71. The standard InChI is InChI=1S/C15H12Cl2N2O2/c1-19(10-6-3-2-4-7-10)15(21)14(20)18-13-11(16)8-5-9-12(13)17/h2-9H,1H3,(H,18,20). The zero-order valence-electron chi connectivity index (χ0n) is 11.1. The van der Waals surface area contributed by atoms with Gasteiger partial charge in [0.25, 0.3) is 0 Å². The smallest absolute Gasteiger partial charge is 0.315 e. The molecule has 2 rings (SSSR count). The average Bonchev–Trinajstić information content (AvgIpc) is 2.50. The molecule has 2 amide bonds. The van der Waals surface area contributed by atoms with Crippen LogP contribution in [0.1, 0.15) is 0 Å². The Kier molecular flexibility index (Phi) is 4.83. The second kappa shape index (κ2) is 6.61. The highest BCUT2D eigenvalue weighted by Crippen LogP contribution is 2.29. The minimum Gasteiger partial charge on any atom is -0.315 e. The van der Waals surface area contributed by atoms with Gasteiger partial charge in [-0.25, -0.2) is 0 Å². The Morgan fingerprint density at radius 1 is 0.952 bits per heavy atom. The quantitative estimate of drug-likeness (QED) is 0.859. The van der Waals surface area contributed by atoms with E-state index in [0.29, 0.717) is 5.69 Å². The SMILES string of the molecule is CN(C(=O)C(=O)Nc1c(Cl)cccc1Cl)c1ccccc1. The number of hydrogen-bond acceptors (Lipinski definition) is 2. The van der Waals surface area contributed by atoms with Crippen molar-refractivity contribution in [2.45, 2.75) is 0 Å². The molecule has 0 aromatic heterocycles. The van der Waals surface area contributed by atoms with Crippen LogP contribution in [0.15, 0.2) is 48.5 Å². The molecule has 4 nitrogen and oxygen atoms in total. The van der Waals surface area contributed by atoms with Gasteiger partial charge in [-0.05, 0) is 24.3 Å². The summed E-state index contributed by atoms with van der Waals surface area (Å²) in [7, 11) is 1.52. The molecule has 108 valence electrons.